The molecule has 1 aliphatic rings. The topological polar surface area (TPSA) is 90.7 Å². The average Bonchev–Trinajstić information content (AvgIpc) is 2.88. The molecule has 2 N–H and O–H groups in total. The number of carboxylic acid groups (broad SMARTS) is 1. The Balaban J connectivity index is 2.03. The van der Waals surface area contributed by atoms with Gasteiger partial charge < -0.3 is 15.1 Å². The Bertz CT molecular complexity index is 803. The molecule has 23 heavy (non-hydrogen) atoms. The molecule has 2 heterocycles. The third kappa shape index (κ3) is 2.77. The molecule has 3 rings (SSSR count). The van der Waals surface area contributed by atoms with Gasteiger partial charge in [0.05, 0.1) is 22.9 Å². The van der Waals surface area contributed by atoms with E-state index in [9.17, 15) is 19.8 Å². The molecule has 1 aliphatic heterocycles. The second kappa shape index (κ2) is 5.62. The van der Waals surface area contributed by atoms with Crippen LogP contribution in [0.5, 0.6) is 0 Å². The molecule has 0 aliphatic carbocycles. The number of aliphatic carboxylic acids is 1. The van der Waals surface area contributed by atoms with Gasteiger partial charge in [-0.25, -0.2) is 4.79 Å². The lowest BCUT2D eigenvalue weighted by atomic mass is 10.1. The number of pyridine rings is 1. The molecule has 0 saturated carbocycles. The van der Waals surface area contributed by atoms with E-state index in [1.54, 1.807) is 13.0 Å². The number of hydrogen-bond donors (Lipinski definition) is 2. The van der Waals surface area contributed by atoms with Crippen LogP contribution in [0.15, 0.2) is 24.3 Å². The summed E-state index contributed by atoms with van der Waals surface area (Å²) < 4.78 is 0. The lowest BCUT2D eigenvalue weighted by Gasteiger charge is -2.22. The molecule has 1 saturated heterocycles. The first-order valence-corrected chi connectivity index (χ1v) is 7.46. The summed E-state index contributed by atoms with van der Waals surface area (Å²) in [5.41, 5.74) is 2.78. The molecule has 0 radical (unpaired) electrons. The van der Waals surface area contributed by atoms with Crippen LogP contribution in [0.2, 0.25) is 0 Å². The molecule has 2 aromatic rings. The van der Waals surface area contributed by atoms with Crippen LogP contribution in [0.1, 0.15) is 28.0 Å². The van der Waals surface area contributed by atoms with Gasteiger partial charge in [-0.15, -0.1) is 0 Å². The minimum Gasteiger partial charge on any atom is -0.480 e. The number of benzene rings is 1. The molecule has 1 fully saturated rings. The van der Waals surface area contributed by atoms with E-state index >= 15 is 0 Å². The molecule has 0 spiro atoms. The maximum Gasteiger partial charge on any atom is 0.326 e. The molecule has 6 heteroatoms. The van der Waals surface area contributed by atoms with Crippen LogP contribution < -0.4 is 0 Å². The number of hydrogen-bond acceptors (Lipinski definition) is 4. The van der Waals surface area contributed by atoms with E-state index in [4.69, 9.17) is 0 Å². The van der Waals surface area contributed by atoms with E-state index in [0.29, 0.717) is 11.3 Å². The summed E-state index contributed by atoms with van der Waals surface area (Å²) in [6, 6.07) is 6.53. The zero-order valence-electron chi connectivity index (χ0n) is 13.0. The van der Waals surface area contributed by atoms with Gasteiger partial charge in [-0.05, 0) is 32.0 Å². The second-order valence-corrected chi connectivity index (χ2v) is 6.02. The number of aliphatic hydroxyl groups excluding tert-OH is 1. The van der Waals surface area contributed by atoms with Gasteiger partial charge in [0, 0.05) is 18.4 Å². The second-order valence-electron chi connectivity index (χ2n) is 6.02. The molecule has 1 aromatic heterocycles. The first-order valence-electron chi connectivity index (χ1n) is 7.46. The zero-order chi connectivity index (χ0) is 16.7. The first-order chi connectivity index (χ1) is 10.9. The predicted octanol–water partition coefficient (Wildman–Crippen LogP) is 1.51. The van der Waals surface area contributed by atoms with Crippen molar-refractivity contribution in [2.45, 2.75) is 32.4 Å². The smallest absolute Gasteiger partial charge is 0.326 e. The maximum atomic E-state index is 12.8. The summed E-state index contributed by atoms with van der Waals surface area (Å²) in [4.78, 5) is 29.7. The van der Waals surface area contributed by atoms with Crippen LogP contribution in [0.3, 0.4) is 0 Å². The zero-order valence-corrected chi connectivity index (χ0v) is 13.0. The normalized spacial score (nSPS) is 20.9. The summed E-state index contributed by atoms with van der Waals surface area (Å²) in [7, 11) is 0. The van der Waals surface area contributed by atoms with E-state index in [-0.39, 0.29) is 13.0 Å². The quantitative estimate of drug-likeness (QED) is 0.877. The van der Waals surface area contributed by atoms with Crippen LogP contribution >= 0.6 is 0 Å². The number of rotatable bonds is 2. The Kier molecular flexibility index (Phi) is 3.77. The number of β-amino-alcohol motifs (C(OH)–C–C–N with tert-alkyl or cyclic N) is 1. The van der Waals surface area contributed by atoms with Crippen molar-refractivity contribution in [2.24, 2.45) is 0 Å². The summed E-state index contributed by atoms with van der Waals surface area (Å²) in [6.45, 7) is 3.72. The third-order valence-electron chi connectivity index (χ3n) is 4.22. The molecular weight excluding hydrogens is 296 g/mol. The number of fused-ring (bicyclic) bond motifs is 1. The molecule has 1 amide bonds. The van der Waals surface area contributed by atoms with Gasteiger partial charge in [0.15, 0.2) is 0 Å². The molecule has 120 valence electrons. The number of nitrogens with zero attached hydrogens (tertiary/aromatic N) is 2. The monoisotopic (exact) mass is 314 g/mol. The standard InChI is InChI=1S/C17H18N2O4/c1-9-3-4-14-11(5-9)6-13(10(2)18-14)16(21)19-8-12(20)7-15(19)17(22)23/h3-6,12,15,20H,7-8H2,1-2H3,(H,22,23)/t12-,15+/m0/s1. The summed E-state index contributed by atoms with van der Waals surface area (Å²) >= 11 is 0. The van der Waals surface area contributed by atoms with Crippen LogP contribution in [0, 0.1) is 13.8 Å². The highest BCUT2D eigenvalue weighted by molar-refractivity contribution is 6.00. The highest BCUT2D eigenvalue weighted by Crippen LogP contribution is 2.24. The van der Waals surface area contributed by atoms with Crippen molar-refractivity contribution in [1.82, 2.24) is 9.88 Å². The summed E-state index contributed by atoms with van der Waals surface area (Å²) in [6.07, 6.45) is -0.753. The average molecular weight is 314 g/mol. The SMILES string of the molecule is Cc1ccc2nc(C)c(C(=O)N3C[C@@H](O)C[C@@H]3C(=O)O)cc2c1. The van der Waals surface area contributed by atoms with Crippen LogP contribution in [-0.2, 0) is 4.79 Å². The lowest BCUT2D eigenvalue weighted by Crippen LogP contribution is -2.40. The Morgan fingerprint density at radius 1 is 1.26 bits per heavy atom. The largest absolute Gasteiger partial charge is 0.480 e. The van der Waals surface area contributed by atoms with Crippen LogP contribution in [0.25, 0.3) is 10.9 Å². The van der Waals surface area contributed by atoms with Crippen molar-refractivity contribution >= 4 is 22.8 Å². The fourth-order valence-corrected chi connectivity index (χ4v) is 3.04. The maximum absolute atomic E-state index is 12.8. The van der Waals surface area contributed by atoms with Gasteiger partial charge in [0.1, 0.15) is 6.04 Å². The molecule has 6 nitrogen and oxygen atoms in total. The minimum atomic E-state index is -1.10. The third-order valence-corrected chi connectivity index (χ3v) is 4.22. The first kappa shape index (κ1) is 15.4. The number of aliphatic hydroxyl groups is 1. The van der Waals surface area contributed by atoms with Crippen molar-refractivity contribution in [3.8, 4) is 0 Å². The van der Waals surface area contributed by atoms with E-state index < -0.39 is 24.0 Å². The fraction of sp³-hybridized carbons (Fsp3) is 0.353. The molecule has 2 atom stereocenters. The number of carboxylic acids is 1. The molecule has 0 unspecified atom stereocenters. The number of amides is 1. The highest BCUT2D eigenvalue weighted by Gasteiger charge is 2.39. The van der Waals surface area contributed by atoms with Crippen LogP contribution in [0.4, 0.5) is 0 Å². The summed E-state index contributed by atoms with van der Waals surface area (Å²) in [5.74, 6) is -1.50. The number of carbonyl (C=O) groups is 2. The van der Waals surface area contributed by atoms with E-state index in [1.165, 1.54) is 4.90 Å². The number of carbonyl (C=O) groups excluding carboxylic acids is 1. The van der Waals surface area contributed by atoms with Crippen molar-refractivity contribution in [3.63, 3.8) is 0 Å². The van der Waals surface area contributed by atoms with Crippen molar-refractivity contribution in [1.29, 1.82) is 0 Å². The van der Waals surface area contributed by atoms with Crippen LogP contribution in [-0.4, -0.2) is 50.7 Å². The minimum absolute atomic E-state index is 0.0289. The lowest BCUT2D eigenvalue weighted by molar-refractivity contribution is -0.141. The van der Waals surface area contributed by atoms with Gasteiger partial charge in [-0.1, -0.05) is 11.6 Å². The van der Waals surface area contributed by atoms with Crippen molar-refractivity contribution < 1.29 is 19.8 Å². The molecular formula is C17H18N2O4. The Labute approximate surface area is 133 Å². The number of aromatic nitrogens is 1. The van der Waals surface area contributed by atoms with Crippen molar-refractivity contribution in [3.05, 3.63) is 41.1 Å². The van der Waals surface area contributed by atoms with Gasteiger partial charge in [0.25, 0.3) is 5.91 Å². The fourth-order valence-electron chi connectivity index (χ4n) is 3.04. The Morgan fingerprint density at radius 2 is 2.00 bits per heavy atom. The van der Waals surface area contributed by atoms with Gasteiger partial charge in [-0.3, -0.25) is 9.78 Å². The Morgan fingerprint density at radius 3 is 2.70 bits per heavy atom. The van der Waals surface area contributed by atoms with E-state index in [2.05, 4.69) is 4.98 Å². The number of likely N-dealkylation sites (tertiary alicyclic amines) is 1. The summed E-state index contributed by atoms with van der Waals surface area (Å²) in [5, 5.41) is 19.8. The van der Waals surface area contributed by atoms with Gasteiger partial charge in [-0.2, -0.15) is 0 Å². The van der Waals surface area contributed by atoms with Crippen molar-refractivity contribution in [2.75, 3.05) is 6.54 Å². The molecule has 1 aromatic carbocycles. The molecule has 0 bridgehead atoms. The van der Waals surface area contributed by atoms with E-state index in [0.717, 1.165) is 16.5 Å². The Hall–Kier alpha value is -2.47. The predicted molar refractivity (Wildman–Crippen MR) is 84.3 cm³/mol. The highest BCUT2D eigenvalue weighted by atomic mass is 16.4. The number of aryl methyl sites for hydroxylation is 2. The van der Waals surface area contributed by atoms with Gasteiger partial charge in [0.2, 0.25) is 0 Å². The van der Waals surface area contributed by atoms with E-state index in [1.807, 2.05) is 25.1 Å². The van der Waals surface area contributed by atoms with Gasteiger partial charge >= 0.3 is 5.97 Å².